The van der Waals surface area contributed by atoms with Crippen molar-refractivity contribution < 1.29 is 14.7 Å². The van der Waals surface area contributed by atoms with Crippen molar-refractivity contribution in [1.29, 1.82) is 0 Å². The van der Waals surface area contributed by atoms with Crippen molar-refractivity contribution in [2.45, 2.75) is 13.3 Å². The highest BCUT2D eigenvalue weighted by Gasteiger charge is 2.01. The van der Waals surface area contributed by atoms with Crippen LogP contribution >= 0.6 is 0 Å². The number of rotatable bonds is 3. The third-order valence-electron chi connectivity index (χ3n) is 1.85. The number of carbonyl (C=O) groups excluding carboxylic acids is 1. The van der Waals surface area contributed by atoms with Gasteiger partial charge in [0.2, 0.25) is 5.91 Å². The molecule has 5 heteroatoms. The van der Waals surface area contributed by atoms with Crippen LogP contribution in [0, 0.1) is 11.8 Å². The molecule has 0 bridgehead atoms. The molecule has 1 heterocycles. The molecule has 0 fully saturated rings. The number of nitrogens with zero attached hydrogens (tertiary/aromatic N) is 1. The van der Waals surface area contributed by atoms with Crippen LogP contribution in [0.25, 0.3) is 0 Å². The van der Waals surface area contributed by atoms with Crippen molar-refractivity contribution in [3.63, 3.8) is 0 Å². The standard InChI is InChI=1S/C12H12N2O3/c1-9(15)13-6-3-2-4-11-8-10(12(16)17)5-7-14-11/h5,7-8H,3,6H2,1H3,(H,13,15)(H,16,17). The lowest BCUT2D eigenvalue weighted by molar-refractivity contribution is -0.118. The maximum Gasteiger partial charge on any atom is 0.335 e. The van der Waals surface area contributed by atoms with Crippen LogP contribution in [0.5, 0.6) is 0 Å². The number of carboxylic acid groups (broad SMARTS) is 1. The zero-order valence-electron chi connectivity index (χ0n) is 9.36. The Kier molecular flexibility index (Phi) is 4.70. The van der Waals surface area contributed by atoms with Gasteiger partial charge in [0, 0.05) is 26.1 Å². The Morgan fingerprint density at radius 3 is 2.94 bits per heavy atom. The molecule has 5 nitrogen and oxygen atoms in total. The zero-order chi connectivity index (χ0) is 12.7. The van der Waals surface area contributed by atoms with Crippen LogP contribution in [0.3, 0.4) is 0 Å². The largest absolute Gasteiger partial charge is 0.478 e. The van der Waals surface area contributed by atoms with E-state index in [2.05, 4.69) is 22.1 Å². The number of aromatic carboxylic acids is 1. The first-order chi connectivity index (χ1) is 8.09. The molecule has 0 atom stereocenters. The average Bonchev–Trinajstić information content (AvgIpc) is 2.28. The van der Waals surface area contributed by atoms with Gasteiger partial charge in [-0.3, -0.25) is 4.79 Å². The highest BCUT2D eigenvalue weighted by Crippen LogP contribution is 2.00. The van der Waals surface area contributed by atoms with Gasteiger partial charge in [-0.05, 0) is 18.1 Å². The Morgan fingerprint density at radius 2 is 2.29 bits per heavy atom. The summed E-state index contributed by atoms with van der Waals surface area (Å²) in [5, 5.41) is 11.4. The molecular formula is C12H12N2O3. The molecule has 0 saturated carbocycles. The van der Waals surface area contributed by atoms with E-state index in [0.717, 1.165) is 0 Å². The average molecular weight is 232 g/mol. The minimum Gasteiger partial charge on any atom is -0.478 e. The molecule has 0 unspecified atom stereocenters. The van der Waals surface area contributed by atoms with Crippen molar-refractivity contribution >= 4 is 11.9 Å². The van der Waals surface area contributed by atoms with E-state index in [-0.39, 0.29) is 11.5 Å². The topological polar surface area (TPSA) is 79.3 Å². The van der Waals surface area contributed by atoms with Gasteiger partial charge in [-0.1, -0.05) is 5.92 Å². The van der Waals surface area contributed by atoms with Gasteiger partial charge in [0.1, 0.15) is 5.69 Å². The fourth-order valence-corrected chi connectivity index (χ4v) is 1.09. The molecule has 2 N–H and O–H groups in total. The molecule has 17 heavy (non-hydrogen) atoms. The molecule has 1 aromatic rings. The number of amides is 1. The van der Waals surface area contributed by atoms with E-state index in [1.807, 2.05) is 0 Å². The fourth-order valence-electron chi connectivity index (χ4n) is 1.09. The molecule has 1 rings (SSSR count). The number of nitrogens with one attached hydrogen (secondary N) is 1. The SMILES string of the molecule is CC(=O)NCCC#Cc1cc(C(=O)O)ccn1. The number of carbonyl (C=O) groups is 2. The Morgan fingerprint density at radius 1 is 1.53 bits per heavy atom. The van der Waals surface area contributed by atoms with Crippen molar-refractivity contribution in [2.24, 2.45) is 0 Å². The predicted octanol–water partition coefficient (Wildman–Crippen LogP) is 0.657. The van der Waals surface area contributed by atoms with E-state index in [0.29, 0.717) is 18.7 Å². The van der Waals surface area contributed by atoms with Gasteiger partial charge in [-0.2, -0.15) is 0 Å². The lowest BCUT2D eigenvalue weighted by atomic mass is 10.2. The minimum absolute atomic E-state index is 0.0993. The lowest BCUT2D eigenvalue weighted by Gasteiger charge is -1.95. The van der Waals surface area contributed by atoms with Crippen molar-refractivity contribution in [3.8, 4) is 11.8 Å². The van der Waals surface area contributed by atoms with Gasteiger partial charge in [-0.15, -0.1) is 0 Å². The summed E-state index contributed by atoms with van der Waals surface area (Å²) in [6.07, 6.45) is 1.90. The molecule has 1 aromatic heterocycles. The summed E-state index contributed by atoms with van der Waals surface area (Å²) in [6.45, 7) is 1.91. The molecule has 0 aromatic carbocycles. The van der Waals surface area contributed by atoms with Crippen LogP contribution < -0.4 is 5.32 Å². The molecule has 1 amide bonds. The van der Waals surface area contributed by atoms with E-state index >= 15 is 0 Å². The van der Waals surface area contributed by atoms with Crippen LogP contribution in [-0.2, 0) is 4.79 Å². The van der Waals surface area contributed by atoms with Gasteiger partial charge in [-0.25, -0.2) is 9.78 Å². The molecule has 0 aliphatic carbocycles. The Labute approximate surface area is 98.9 Å². The second kappa shape index (κ2) is 6.28. The minimum atomic E-state index is -1.01. The van der Waals surface area contributed by atoms with Gasteiger partial charge in [0.15, 0.2) is 0 Å². The molecule has 0 radical (unpaired) electrons. The van der Waals surface area contributed by atoms with E-state index in [4.69, 9.17) is 5.11 Å². The smallest absolute Gasteiger partial charge is 0.335 e. The zero-order valence-corrected chi connectivity index (χ0v) is 9.36. The highest BCUT2D eigenvalue weighted by atomic mass is 16.4. The van der Waals surface area contributed by atoms with Crippen LogP contribution in [0.15, 0.2) is 18.3 Å². The Bertz CT molecular complexity index is 486. The number of pyridine rings is 1. The summed E-state index contributed by atoms with van der Waals surface area (Å²) in [5.41, 5.74) is 0.568. The number of hydrogen-bond acceptors (Lipinski definition) is 3. The van der Waals surface area contributed by atoms with Gasteiger partial charge >= 0.3 is 5.97 Å². The Balaban J connectivity index is 2.56. The van der Waals surface area contributed by atoms with Crippen molar-refractivity contribution in [2.75, 3.05) is 6.54 Å². The van der Waals surface area contributed by atoms with Crippen LogP contribution in [-0.4, -0.2) is 28.5 Å². The number of hydrogen-bond donors (Lipinski definition) is 2. The second-order valence-corrected chi connectivity index (χ2v) is 3.27. The normalized spacial score (nSPS) is 9.00. The first-order valence-corrected chi connectivity index (χ1v) is 5.02. The summed E-state index contributed by atoms with van der Waals surface area (Å²) in [5.74, 6) is 4.44. The summed E-state index contributed by atoms with van der Waals surface area (Å²) < 4.78 is 0. The molecule has 0 saturated heterocycles. The molecule has 0 aliphatic heterocycles. The quantitative estimate of drug-likeness (QED) is 0.592. The first-order valence-electron chi connectivity index (χ1n) is 5.02. The second-order valence-electron chi connectivity index (χ2n) is 3.27. The third kappa shape index (κ3) is 4.80. The molecule has 0 aliphatic rings. The Hall–Kier alpha value is -2.35. The van der Waals surface area contributed by atoms with Crippen LogP contribution in [0.2, 0.25) is 0 Å². The summed E-state index contributed by atoms with van der Waals surface area (Å²) in [7, 11) is 0. The van der Waals surface area contributed by atoms with Gasteiger partial charge in [0.05, 0.1) is 5.56 Å². The van der Waals surface area contributed by atoms with Gasteiger partial charge in [0.25, 0.3) is 0 Å². The third-order valence-corrected chi connectivity index (χ3v) is 1.85. The fraction of sp³-hybridized carbons (Fsp3) is 0.250. The maximum atomic E-state index is 10.7. The predicted molar refractivity (Wildman–Crippen MR) is 61.4 cm³/mol. The van der Waals surface area contributed by atoms with E-state index in [1.54, 1.807) is 0 Å². The monoisotopic (exact) mass is 232 g/mol. The van der Waals surface area contributed by atoms with E-state index in [9.17, 15) is 9.59 Å². The molecule has 88 valence electrons. The summed E-state index contributed by atoms with van der Waals surface area (Å²) >= 11 is 0. The number of carboxylic acids is 1. The van der Waals surface area contributed by atoms with Gasteiger partial charge < -0.3 is 10.4 Å². The van der Waals surface area contributed by atoms with Crippen molar-refractivity contribution in [1.82, 2.24) is 10.3 Å². The first kappa shape index (κ1) is 12.7. The highest BCUT2D eigenvalue weighted by molar-refractivity contribution is 5.87. The van der Waals surface area contributed by atoms with E-state index < -0.39 is 5.97 Å². The van der Waals surface area contributed by atoms with E-state index in [1.165, 1.54) is 25.3 Å². The maximum absolute atomic E-state index is 10.7. The van der Waals surface area contributed by atoms with Crippen LogP contribution in [0.4, 0.5) is 0 Å². The number of aromatic nitrogens is 1. The summed E-state index contributed by atoms with van der Waals surface area (Å²) in [6, 6.07) is 2.82. The van der Waals surface area contributed by atoms with Crippen LogP contribution in [0.1, 0.15) is 29.4 Å². The summed E-state index contributed by atoms with van der Waals surface area (Å²) in [4.78, 5) is 25.2. The molecular weight excluding hydrogens is 220 g/mol. The lowest BCUT2D eigenvalue weighted by Crippen LogP contribution is -2.20. The molecule has 0 spiro atoms. The van der Waals surface area contributed by atoms with Crippen molar-refractivity contribution in [3.05, 3.63) is 29.6 Å².